The molecule has 4 unspecified atom stereocenters. The van der Waals surface area contributed by atoms with Crippen LogP contribution in [0.25, 0.3) is 0 Å². The lowest BCUT2D eigenvalue weighted by atomic mass is 10.0. The highest BCUT2D eigenvalue weighted by molar-refractivity contribution is 5.74. The first-order valence-corrected chi connectivity index (χ1v) is 4.14. The number of hydrogen-bond donors (Lipinski definition) is 6. The third-order valence-electron chi connectivity index (χ3n) is 1.82. The molecule has 0 aromatic rings. The Bertz CT molecular complexity index is 195. The predicted molar refractivity (Wildman–Crippen MR) is 44.5 cm³/mol. The van der Waals surface area contributed by atoms with Crippen LogP contribution in [0.4, 0.5) is 0 Å². The van der Waals surface area contributed by atoms with E-state index in [2.05, 4.69) is 4.89 Å². The maximum atomic E-state index is 10.5. The van der Waals surface area contributed by atoms with Crippen molar-refractivity contribution in [3.8, 4) is 0 Å². The van der Waals surface area contributed by atoms with Crippen LogP contribution in [0.1, 0.15) is 6.42 Å². The van der Waals surface area contributed by atoms with Gasteiger partial charge in [-0.15, -0.1) is 0 Å². The fourth-order valence-corrected chi connectivity index (χ4v) is 0.911. The maximum Gasteiger partial charge on any atom is 0.373 e. The normalized spacial score (nSPS) is 19.1. The van der Waals surface area contributed by atoms with Crippen molar-refractivity contribution in [1.82, 2.24) is 0 Å². The molecule has 6 N–H and O–H groups in total. The largest absolute Gasteiger partial charge is 0.396 e. The average Bonchev–Trinajstić information content (AvgIpc) is 2.25. The molecule has 0 spiro atoms. The minimum atomic E-state index is -2.18. The Morgan fingerprint density at radius 3 is 2.07 bits per heavy atom. The lowest BCUT2D eigenvalue weighted by molar-refractivity contribution is -0.249. The van der Waals surface area contributed by atoms with Crippen molar-refractivity contribution in [1.29, 1.82) is 0 Å². The first kappa shape index (κ1) is 14.2. The summed E-state index contributed by atoms with van der Waals surface area (Å²) in [7, 11) is 0. The van der Waals surface area contributed by atoms with Crippen LogP contribution >= 0.6 is 0 Å². The van der Waals surface area contributed by atoms with E-state index in [0.29, 0.717) is 0 Å². The topological polar surface area (TPSA) is 148 Å². The molecule has 0 amide bonds. The minimum Gasteiger partial charge on any atom is -0.396 e. The van der Waals surface area contributed by atoms with Gasteiger partial charge in [0, 0.05) is 6.61 Å². The van der Waals surface area contributed by atoms with Gasteiger partial charge in [-0.1, -0.05) is 0 Å². The molecule has 0 saturated carbocycles. The average molecular weight is 226 g/mol. The molecule has 15 heavy (non-hydrogen) atoms. The van der Waals surface area contributed by atoms with Crippen molar-refractivity contribution in [2.75, 3.05) is 6.61 Å². The second-order valence-corrected chi connectivity index (χ2v) is 2.92. The molecule has 0 aliphatic carbocycles. The smallest absolute Gasteiger partial charge is 0.373 e. The van der Waals surface area contributed by atoms with Gasteiger partial charge in [-0.3, -0.25) is 4.89 Å². The second-order valence-electron chi connectivity index (χ2n) is 2.92. The third-order valence-corrected chi connectivity index (χ3v) is 1.82. The predicted octanol–water partition coefficient (Wildman–Crippen LogP) is -3.17. The summed E-state index contributed by atoms with van der Waals surface area (Å²) in [5, 5.41) is 52.6. The number of hydrogen-bond acceptors (Lipinski definition) is 8. The summed E-state index contributed by atoms with van der Waals surface area (Å²) in [5.41, 5.74) is 0. The molecule has 8 heteroatoms. The molecule has 0 rings (SSSR count). The highest BCUT2D eigenvalue weighted by Crippen LogP contribution is 2.08. The highest BCUT2D eigenvalue weighted by Gasteiger charge is 2.35. The van der Waals surface area contributed by atoms with Crippen LogP contribution in [-0.2, 0) is 9.68 Å². The van der Waals surface area contributed by atoms with E-state index < -0.39 is 37.0 Å². The molecule has 0 aliphatic rings. The van der Waals surface area contributed by atoms with Gasteiger partial charge in [0.1, 0.15) is 12.2 Å². The SMILES string of the molecule is O=C(OO)C(O)C(O)C(O)C(O)CCO. The molecular weight excluding hydrogens is 212 g/mol. The van der Waals surface area contributed by atoms with Gasteiger partial charge in [0.2, 0.25) is 0 Å². The van der Waals surface area contributed by atoms with Crippen LogP contribution in [0, 0.1) is 0 Å². The van der Waals surface area contributed by atoms with E-state index in [-0.39, 0.29) is 6.42 Å². The van der Waals surface area contributed by atoms with E-state index in [1.807, 2.05) is 0 Å². The Hall–Kier alpha value is -0.770. The summed E-state index contributed by atoms with van der Waals surface area (Å²) in [6.07, 6.45) is -7.79. The van der Waals surface area contributed by atoms with Crippen LogP contribution in [0.2, 0.25) is 0 Å². The van der Waals surface area contributed by atoms with Gasteiger partial charge in [-0.2, -0.15) is 5.26 Å². The fraction of sp³-hybridized carbons (Fsp3) is 0.857. The van der Waals surface area contributed by atoms with Gasteiger partial charge in [-0.25, -0.2) is 4.79 Å². The van der Waals surface area contributed by atoms with Gasteiger partial charge < -0.3 is 25.5 Å². The molecule has 0 bridgehead atoms. The van der Waals surface area contributed by atoms with Crippen molar-refractivity contribution in [2.24, 2.45) is 0 Å². The lowest BCUT2D eigenvalue weighted by Crippen LogP contribution is -2.48. The molecule has 0 aromatic carbocycles. The Kier molecular flexibility index (Phi) is 6.32. The van der Waals surface area contributed by atoms with Crippen LogP contribution < -0.4 is 0 Å². The van der Waals surface area contributed by atoms with E-state index in [1.165, 1.54) is 0 Å². The van der Waals surface area contributed by atoms with E-state index >= 15 is 0 Å². The van der Waals surface area contributed by atoms with E-state index in [1.54, 1.807) is 0 Å². The quantitative estimate of drug-likeness (QED) is 0.205. The Balaban J connectivity index is 4.29. The second kappa shape index (κ2) is 6.67. The summed E-state index contributed by atoms with van der Waals surface area (Å²) in [6.45, 7) is -0.439. The molecule has 90 valence electrons. The Labute approximate surface area is 84.9 Å². The molecule has 8 nitrogen and oxygen atoms in total. The number of aliphatic hydroxyl groups excluding tert-OH is 5. The van der Waals surface area contributed by atoms with Gasteiger partial charge in [0.25, 0.3) is 0 Å². The number of carbonyl (C=O) groups is 1. The standard InChI is InChI=1S/C7H14O8/c8-2-1-3(9)4(10)5(11)6(12)7(13)15-14/h3-6,8-12,14H,1-2H2. The molecular formula is C7H14O8. The summed E-state index contributed by atoms with van der Waals surface area (Å²) >= 11 is 0. The summed E-state index contributed by atoms with van der Waals surface area (Å²) in [6, 6.07) is 0. The molecule has 0 aliphatic heterocycles. The zero-order valence-electron chi connectivity index (χ0n) is 7.72. The lowest BCUT2D eigenvalue weighted by Gasteiger charge is -2.24. The molecule has 4 atom stereocenters. The summed E-state index contributed by atoms with van der Waals surface area (Å²) in [5.74, 6) is -1.56. The van der Waals surface area contributed by atoms with Crippen molar-refractivity contribution in [3.63, 3.8) is 0 Å². The summed E-state index contributed by atoms with van der Waals surface area (Å²) in [4.78, 5) is 13.6. The zero-order chi connectivity index (χ0) is 12.0. The highest BCUT2D eigenvalue weighted by atomic mass is 17.1. The minimum absolute atomic E-state index is 0.237. The number of aliphatic hydroxyl groups is 5. The van der Waals surface area contributed by atoms with E-state index in [9.17, 15) is 9.90 Å². The molecule has 0 fully saturated rings. The van der Waals surface area contributed by atoms with Crippen LogP contribution in [0.15, 0.2) is 0 Å². The van der Waals surface area contributed by atoms with Crippen molar-refractivity contribution < 1.29 is 40.5 Å². The monoisotopic (exact) mass is 226 g/mol. The van der Waals surface area contributed by atoms with Crippen LogP contribution in [-0.4, -0.2) is 67.8 Å². The summed E-state index contributed by atoms with van der Waals surface area (Å²) < 4.78 is 0. The molecule has 0 saturated heterocycles. The Morgan fingerprint density at radius 2 is 1.67 bits per heavy atom. The van der Waals surface area contributed by atoms with Gasteiger partial charge in [0.15, 0.2) is 6.10 Å². The fourth-order valence-electron chi connectivity index (χ4n) is 0.911. The van der Waals surface area contributed by atoms with Crippen molar-refractivity contribution >= 4 is 5.97 Å². The molecule has 0 aromatic heterocycles. The first-order chi connectivity index (χ1) is 6.95. The number of carbonyl (C=O) groups excluding carboxylic acids is 1. The van der Waals surface area contributed by atoms with Gasteiger partial charge in [-0.05, 0) is 6.42 Å². The third kappa shape index (κ3) is 4.08. The number of rotatable bonds is 6. The van der Waals surface area contributed by atoms with Crippen molar-refractivity contribution in [3.05, 3.63) is 0 Å². The molecule has 0 radical (unpaired) electrons. The van der Waals surface area contributed by atoms with Gasteiger partial charge >= 0.3 is 5.97 Å². The Morgan fingerprint density at radius 1 is 1.13 bits per heavy atom. The molecule has 0 heterocycles. The van der Waals surface area contributed by atoms with Crippen LogP contribution in [0.5, 0.6) is 0 Å². The maximum absolute atomic E-state index is 10.5. The zero-order valence-corrected chi connectivity index (χ0v) is 7.72. The van der Waals surface area contributed by atoms with E-state index in [0.717, 1.165) is 0 Å². The van der Waals surface area contributed by atoms with E-state index in [4.69, 9.17) is 25.7 Å². The van der Waals surface area contributed by atoms with Crippen molar-refractivity contribution in [2.45, 2.75) is 30.8 Å². The van der Waals surface area contributed by atoms with Crippen LogP contribution in [0.3, 0.4) is 0 Å². The van der Waals surface area contributed by atoms with Gasteiger partial charge in [0.05, 0.1) is 6.10 Å². The first-order valence-electron chi connectivity index (χ1n) is 4.14.